The normalized spacial score (nSPS) is 19.2. The highest BCUT2D eigenvalue weighted by atomic mass is 79.9. The van der Waals surface area contributed by atoms with Crippen LogP contribution in [0.3, 0.4) is 0 Å². The Morgan fingerprint density at radius 3 is 3.00 bits per heavy atom. The predicted molar refractivity (Wildman–Crippen MR) is 95.2 cm³/mol. The Morgan fingerprint density at radius 1 is 1.57 bits per heavy atom. The van der Waals surface area contributed by atoms with Gasteiger partial charge in [0.2, 0.25) is 0 Å². The largest absolute Gasteiger partial charge is 0.480 e. The van der Waals surface area contributed by atoms with Gasteiger partial charge in [0.25, 0.3) is 0 Å². The summed E-state index contributed by atoms with van der Waals surface area (Å²) in [6, 6.07) is 5.49. The maximum absolute atomic E-state index is 11.0. The van der Waals surface area contributed by atoms with Crippen molar-refractivity contribution in [2.45, 2.75) is 44.7 Å². The summed E-state index contributed by atoms with van der Waals surface area (Å²) in [6.45, 7) is 4.43. The lowest BCUT2D eigenvalue weighted by atomic mass is 10.0. The van der Waals surface area contributed by atoms with Crippen LogP contribution < -0.4 is 5.73 Å². The van der Waals surface area contributed by atoms with E-state index in [0.29, 0.717) is 6.04 Å². The minimum atomic E-state index is -0.994. The summed E-state index contributed by atoms with van der Waals surface area (Å²) in [5.41, 5.74) is 7.38. The molecule has 1 aliphatic rings. The summed E-state index contributed by atoms with van der Waals surface area (Å²) in [7, 11) is 0. The number of likely N-dealkylation sites (tertiary alicyclic amines) is 1. The standard InChI is InChI=1S/C18H23BrN2O2/c1-13-5-4-10-21(13)9-3-2-6-14-7-8-16(19)11-15(14)12-17(20)18(22)23/h7-8,11,13,17H,3-5,9-10,12,20H2,1H3,(H,22,23)/t13-,17+/m1/s1. The van der Waals surface area contributed by atoms with Gasteiger partial charge in [-0.15, -0.1) is 0 Å². The van der Waals surface area contributed by atoms with Gasteiger partial charge < -0.3 is 10.8 Å². The second-order valence-corrected chi connectivity index (χ2v) is 6.94. The van der Waals surface area contributed by atoms with Crippen molar-refractivity contribution in [1.82, 2.24) is 4.90 Å². The summed E-state index contributed by atoms with van der Waals surface area (Å²) in [5, 5.41) is 8.99. The molecule has 1 fully saturated rings. The number of nitrogens with two attached hydrogens (primary N) is 1. The van der Waals surface area contributed by atoms with Gasteiger partial charge in [-0.2, -0.15) is 0 Å². The molecule has 2 atom stereocenters. The summed E-state index contributed by atoms with van der Waals surface area (Å²) < 4.78 is 0.904. The lowest BCUT2D eigenvalue weighted by molar-refractivity contribution is -0.138. The SMILES string of the molecule is C[C@@H]1CCCN1CCC#Cc1ccc(Br)cc1C[C@H](N)C(=O)O. The van der Waals surface area contributed by atoms with Crippen LogP contribution in [-0.2, 0) is 11.2 Å². The Hall–Kier alpha value is -1.35. The molecule has 0 amide bonds. The average Bonchev–Trinajstić information content (AvgIpc) is 2.90. The van der Waals surface area contributed by atoms with Crippen molar-refractivity contribution in [2.24, 2.45) is 5.73 Å². The number of carboxylic acids is 1. The molecule has 5 heteroatoms. The van der Waals surface area contributed by atoms with Crippen LogP contribution in [0.1, 0.15) is 37.3 Å². The van der Waals surface area contributed by atoms with Crippen LogP contribution in [0.25, 0.3) is 0 Å². The van der Waals surface area contributed by atoms with Crippen LogP contribution >= 0.6 is 15.9 Å². The van der Waals surface area contributed by atoms with E-state index in [0.717, 1.165) is 28.6 Å². The molecule has 0 unspecified atom stereocenters. The molecule has 1 aliphatic heterocycles. The van der Waals surface area contributed by atoms with Gasteiger partial charge >= 0.3 is 5.97 Å². The molecule has 3 N–H and O–H groups in total. The van der Waals surface area contributed by atoms with E-state index in [4.69, 9.17) is 10.8 Å². The fourth-order valence-electron chi connectivity index (χ4n) is 2.86. The Bertz CT molecular complexity index is 621. The number of hydrogen-bond acceptors (Lipinski definition) is 3. The van der Waals surface area contributed by atoms with Crippen molar-refractivity contribution in [3.63, 3.8) is 0 Å². The van der Waals surface area contributed by atoms with Gasteiger partial charge in [-0.1, -0.05) is 27.8 Å². The second kappa shape index (κ2) is 8.49. The van der Waals surface area contributed by atoms with Crippen LogP contribution in [-0.4, -0.2) is 41.1 Å². The van der Waals surface area contributed by atoms with Gasteiger partial charge in [-0.05, 0) is 56.5 Å². The molecule has 1 aromatic carbocycles. The Morgan fingerprint density at radius 2 is 2.35 bits per heavy atom. The van der Waals surface area contributed by atoms with Crippen molar-refractivity contribution in [2.75, 3.05) is 13.1 Å². The molecule has 2 rings (SSSR count). The third-order valence-corrected chi connectivity index (χ3v) is 4.76. The van der Waals surface area contributed by atoms with Crippen molar-refractivity contribution < 1.29 is 9.90 Å². The predicted octanol–water partition coefficient (Wildman–Crippen LogP) is 2.63. The Balaban J connectivity index is 2.01. The van der Waals surface area contributed by atoms with Gasteiger partial charge in [-0.3, -0.25) is 9.69 Å². The molecule has 0 saturated carbocycles. The van der Waals surface area contributed by atoms with E-state index in [2.05, 4.69) is 39.6 Å². The van der Waals surface area contributed by atoms with E-state index in [1.165, 1.54) is 19.4 Å². The summed E-state index contributed by atoms with van der Waals surface area (Å²) >= 11 is 3.41. The molecule has 4 nitrogen and oxygen atoms in total. The number of aliphatic carboxylic acids is 1. The molecule has 0 spiro atoms. The van der Waals surface area contributed by atoms with Crippen LogP contribution in [0, 0.1) is 11.8 Å². The van der Waals surface area contributed by atoms with Crippen LogP contribution in [0.5, 0.6) is 0 Å². The summed E-state index contributed by atoms with van der Waals surface area (Å²) in [6.07, 6.45) is 3.66. The van der Waals surface area contributed by atoms with E-state index in [-0.39, 0.29) is 6.42 Å². The van der Waals surface area contributed by atoms with Crippen LogP contribution in [0.15, 0.2) is 22.7 Å². The number of hydrogen-bond donors (Lipinski definition) is 2. The number of benzene rings is 1. The first-order valence-corrected chi connectivity index (χ1v) is 8.76. The van der Waals surface area contributed by atoms with Crippen molar-refractivity contribution in [3.05, 3.63) is 33.8 Å². The molecule has 0 radical (unpaired) electrons. The van der Waals surface area contributed by atoms with E-state index < -0.39 is 12.0 Å². The number of halogens is 1. The average molecular weight is 379 g/mol. The number of carboxylic acid groups (broad SMARTS) is 1. The quantitative estimate of drug-likeness (QED) is 0.772. The fraction of sp³-hybridized carbons (Fsp3) is 0.500. The summed E-state index contributed by atoms with van der Waals surface area (Å²) in [5.74, 6) is 5.40. The molecule has 1 aromatic rings. The molecule has 0 bridgehead atoms. The smallest absolute Gasteiger partial charge is 0.320 e. The zero-order valence-electron chi connectivity index (χ0n) is 13.4. The fourth-order valence-corrected chi connectivity index (χ4v) is 3.27. The number of rotatable bonds is 5. The van der Waals surface area contributed by atoms with Gasteiger partial charge in [-0.25, -0.2) is 0 Å². The molecule has 0 aromatic heterocycles. The minimum absolute atomic E-state index is 0.280. The van der Waals surface area contributed by atoms with Gasteiger partial charge in [0, 0.05) is 29.0 Å². The van der Waals surface area contributed by atoms with Crippen LogP contribution in [0.2, 0.25) is 0 Å². The second-order valence-electron chi connectivity index (χ2n) is 6.03. The molecule has 0 aliphatic carbocycles. The van der Waals surface area contributed by atoms with Crippen molar-refractivity contribution in [1.29, 1.82) is 0 Å². The highest BCUT2D eigenvalue weighted by molar-refractivity contribution is 9.10. The van der Waals surface area contributed by atoms with E-state index in [1.807, 2.05) is 18.2 Å². The maximum atomic E-state index is 11.0. The number of carbonyl (C=O) groups is 1. The molecule has 1 heterocycles. The van der Waals surface area contributed by atoms with E-state index >= 15 is 0 Å². The van der Waals surface area contributed by atoms with Crippen molar-refractivity contribution in [3.8, 4) is 11.8 Å². The first-order valence-electron chi connectivity index (χ1n) is 7.97. The Labute approximate surface area is 146 Å². The van der Waals surface area contributed by atoms with Gasteiger partial charge in [0.1, 0.15) is 6.04 Å². The molecule has 23 heavy (non-hydrogen) atoms. The van der Waals surface area contributed by atoms with Gasteiger partial charge in [0.05, 0.1) is 0 Å². The number of nitrogens with zero attached hydrogens (tertiary/aromatic N) is 1. The molecule has 124 valence electrons. The Kier molecular flexibility index (Phi) is 6.64. The van der Waals surface area contributed by atoms with Crippen LogP contribution in [0.4, 0.5) is 0 Å². The lowest BCUT2D eigenvalue weighted by Crippen LogP contribution is -2.32. The van der Waals surface area contributed by atoms with Crippen molar-refractivity contribution >= 4 is 21.9 Å². The van der Waals surface area contributed by atoms with E-state index in [1.54, 1.807) is 0 Å². The summed E-state index contributed by atoms with van der Waals surface area (Å²) in [4.78, 5) is 13.4. The molecule has 1 saturated heterocycles. The first kappa shape index (κ1) is 18.0. The van der Waals surface area contributed by atoms with Gasteiger partial charge in [0.15, 0.2) is 0 Å². The minimum Gasteiger partial charge on any atom is -0.480 e. The topological polar surface area (TPSA) is 66.6 Å². The first-order chi connectivity index (χ1) is 11.0. The third kappa shape index (κ3) is 5.35. The monoisotopic (exact) mass is 378 g/mol. The lowest BCUT2D eigenvalue weighted by Gasteiger charge is -2.19. The zero-order valence-corrected chi connectivity index (χ0v) is 15.0. The third-order valence-electron chi connectivity index (χ3n) is 4.26. The molecular weight excluding hydrogens is 356 g/mol. The maximum Gasteiger partial charge on any atom is 0.320 e. The highest BCUT2D eigenvalue weighted by Crippen LogP contribution is 2.18. The highest BCUT2D eigenvalue weighted by Gasteiger charge is 2.18. The molecular formula is C18H23BrN2O2. The van der Waals surface area contributed by atoms with E-state index in [9.17, 15) is 4.79 Å². The zero-order chi connectivity index (χ0) is 16.8.